The summed E-state index contributed by atoms with van der Waals surface area (Å²) in [5, 5.41) is 15.8. The normalized spacial score (nSPS) is 19.6. The van der Waals surface area contributed by atoms with Gasteiger partial charge in [-0.1, -0.05) is 119 Å². The first-order valence-corrected chi connectivity index (χ1v) is 23.3. The molecule has 366 valence electrons. The minimum atomic E-state index is -1.77. The zero-order chi connectivity index (χ0) is 48.4. The molecule has 16 heteroatoms. The summed E-state index contributed by atoms with van der Waals surface area (Å²) in [4.78, 5) is 55.4. The van der Waals surface area contributed by atoms with E-state index in [1.54, 1.807) is 96.1 Å². The van der Waals surface area contributed by atoms with Gasteiger partial charge in [0, 0.05) is 4.91 Å². The Morgan fingerprint density at radius 1 is 0.742 bits per heavy atom. The third-order valence-corrected chi connectivity index (χ3v) is 10.2. The number of azide groups is 1. The smallest absolute Gasteiger partial charge is 0.338 e. The second kappa shape index (κ2) is 29.7. The first kappa shape index (κ1) is 55.5. The van der Waals surface area contributed by atoms with Crippen LogP contribution in [0.5, 0.6) is 0 Å². The van der Waals surface area contributed by atoms with Crippen LogP contribution in [-0.4, -0.2) is 109 Å². The number of hydrogen-bond acceptors (Lipinski definition) is 14. The highest BCUT2D eigenvalue weighted by atomic mass is 16.7. The van der Waals surface area contributed by atoms with Crippen LogP contribution in [-0.2, 0) is 47.5 Å². The number of esters is 4. The van der Waals surface area contributed by atoms with Gasteiger partial charge in [0.15, 0.2) is 12.4 Å². The van der Waals surface area contributed by atoms with E-state index >= 15 is 0 Å². The number of rotatable bonds is 29. The van der Waals surface area contributed by atoms with Gasteiger partial charge in [0.05, 0.1) is 24.3 Å². The zero-order valence-corrected chi connectivity index (χ0v) is 40.0. The molecular formula is C50H73N3O13. The molecule has 2 aromatic rings. The van der Waals surface area contributed by atoms with Crippen molar-refractivity contribution in [3.05, 3.63) is 94.4 Å². The Hall–Kier alpha value is -4.83. The number of unbranched alkanes of at least 4 members (excludes halogenated alkanes) is 11. The Morgan fingerprint density at radius 2 is 1.27 bits per heavy atom. The Kier molecular flexibility index (Phi) is 25.0. The molecule has 1 fully saturated rings. The molecule has 0 aliphatic carbocycles. The van der Waals surface area contributed by atoms with Crippen molar-refractivity contribution in [1.82, 2.24) is 0 Å². The Labute approximate surface area is 390 Å². The fourth-order valence-corrected chi connectivity index (χ4v) is 7.05. The van der Waals surface area contributed by atoms with Crippen LogP contribution in [0, 0.1) is 0 Å². The molecule has 0 aromatic heterocycles. The van der Waals surface area contributed by atoms with Crippen molar-refractivity contribution in [1.29, 1.82) is 0 Å². The van der Waals surface area contributed by atoms with Crippen LogP contribution < -0.4 is 0 Å². The highest BCUT2D eigenvalue weighted by Gasteiger charge is 2.50. The SMILES string of the molecule is CCCCCCCCCCCCC/C=C/[C@@H](OC(=O)c1ccccc1)[C@H](CO[C@@H]1O[C@H](COCC(=O)OC(C)(C)C)[C@H](OCC(=O)OC(C)(C)C)[C@H](OC(=O)c2ccccc2)[C@H]1O)N=[N+]=[N-]. The molecule has 1 saturated heterocycles. The molecule has 0 unspecified atom stereocenters. The number of carbonyl (C=O) groups is 4. The second-order valence-corrected chi connectivity index (χ2v) is 18.3. The number of benzene rings is 2. The van der Waals surface area contributed by atoms with Crippen molar-refractivity contribution in [2.45, 2.75) is 180 Å². The van der Waals surface area contributed by atoms with Gasteiger partial charge in [-0.15, -0.1) is 0 Å². The first-order valence-electron chi connectivity index (χ1n) is 23.3. The topological polar surface area (TPSA) is 211 Å². The lowest BCUT2D eigenvalue weighted by molar-refractivity contribution is -0.309. The summed E-state index contributed by atoms with van der Waals surface area (Å²) in [6, 6.07) is 15.2. The van der Waals surface area contributed by atoms with E-state index in [4.69, 9.17) is 37.9 Å². The minimum absolute atomic E-state index is 0.156. The molecule has 1 aliphatic rings. The van der Waals surface area contributed by atoms with E-state index < -0.39 is 97.8 Å². The average Bonchev–Trinajstić information content (AvgIpc) is 3.26. The molecule has 1 aliphatic heterocycles. The Balaban J connectivity index is 1.85. The van der Waals surface area contributed by atoms with Gasteiger partial charge in [0.2, 0.25) is 0 Å². The molecular weight excluding hydrogens is 851 g/mol. The summed E-state index contributed by atoms with van der Waals surface area (Å²) in [6.07, 6.45) is 8.77. The molecule has 1 heterocycles. The summed E-state index contributed by atoms with van der Waals surface area (Å²) >= 11 is 0. The Bertz CT molecular complexity index is 1810. The van der Waals surface area contributed by atoms with Gasteiger partial charge in [-0.25, -0.2) is 19.2 Å². The number of ether oxygens (including phenoxy) is 8. The lowest BCUT2D eigenvalue weighted by Gasteiger charge is -2.43. The Morgan fingerprint density at radius 3 is 1.82 bits per heavy atom. The fraction of sp³-hybridized carbons (Fsp3) is 0.640. The molecule has 16 nitrogen and oxygen atoms in total. The van der Waals surface area contributed by atoms with Crippen molar-refractivity contribution in [3.63, 3.8) is 0 Å². The van der Waals surface area contributed by atoms with Crippen LogP contribution in [0.25, 0.3) is 10.4 Å². The van der Waals surface area contributed by atoms with Crippen molar-refractivity contribution in [2.75, 3.05) is 26.4 Å². The van der Waals surface area contributed by atoms with Crippen molar-refractivity contribution >= 4 is 23.9 Å². The van der Waals surface area contributed by atoms with Crippen LogP contribution in [0.15, 0.2) is 77.9 Å². The zero-order valence-electron chi connectivity index (χ0n) is 40.0. The van der Waals surface area contributed by atoms with Crippen LogP contribution in [0.1, 0.15) is 146 Å². The van der Waals surface area contributed by atoms with E-state index in [-0.39, 0.29) is 17.7 Å². The summed E-state index contributed by atoms with van der Waals surface area (Å²) in [7, 11) is 0. The van der Waals surface area contributed by atoms with Crippen molar-refractivity contribution < 1.29 is 62.2 Å². The second-order valence-electron chi connectivity index (χ2n) is 18.3. The molecule has 0 bridgehead atoms. The third kappa shape index (κ3) is 22.1. The van der Waals surface area contributed by atoms with Crippen LogP contribution in [0.4, 0.5) is 0 Å². The maximum absolute atomic E-state index is 13.5. The number of carbonyl (C=O) groups excluding carboxylic acids is 4. The first-order chi connectivity index (χ1) is 31.5. The van der Waals surface area contributed by atoms with Crippen LogP contribution in [0.2, 0.25) is 0 Å². The van der Waals surface area contributed by atoms with Gasteiger partial charge in [0.25, 0.3) is 0 Å². The van der Waals surface area contributed by atoms with Crippen LogP contribution >= 0.6 is 0 Å². The molecule has 1 N–H and O–H groups in total. The minimum Gasteiger partial charge on any atom is -0.458 e. The molecule has 0 saturated carbocycles. The van der Waals surface area contributed by atoms with Crippen LogP contribution in [0.3, 0.4) is 0 Å². The summed E-state index contributed by atoms with van der Waals surface area (Å²) < 4.78 is 46.6. The van der Waals surface area contributed by atoms with Crippen molar-refractivity contribution in [3.8, 4) is 0 Å². The standard InChI is InChI=1S/C50H73N3O13/c1-8-9-10-11-12-13-14-15-16-17-18-19-26-31-39(62-46(57)36-27-22-20-23-28-36)38(52-53-51)32-61-48-43(56)45(64-47(58)37-29-24-21-25-30-37)44(60-35-42(55)66-50(5,6)7)40(63-48)33-59-34-41(54)65-49(2,3)4/h20-31,38-40,43-45,48,56H,8-19,32-35H2,1-7H3/b31-26+/t38-,39+,40+,43+,44-,45+,48+/m0/s1. The van der Waals surface area contributed by atoms with Gasteiger partial charge in [-0.2, -0.15) is 0 Å². The maximum atomic E-state index is 13.5. The van der Waals surface area contributed by atoms with Crippen molar-refractivity contribution in [2.24, 2.45) is 5.11 Å². The van der Waals surface area contributed by atoms with E-state index in [9.17, 15) is 29.8 Å². The highest BCUT2D eigenvalue weighted by molar-refractivity contribution is 5.90. The molecule has 3 rings (SSSR count). The number of aliphatic hydroxyl groups excluding tert-OH is 1. The lowest BCUT2D eigenvalue weighted by Crippen LogP contribution is -2.62. The van der Waals surface area contributed by atoms with Gasteiger partial charge in [-0.3, -0.25) is 0 Å². The van der Waals surface area contributed by atoms with E-state index in [2.05, 4.69) is 16.9 Å². The molecule has 2 aromatic carbocycles. The molecule has 66 heavy (non-hydrogen) atoms. The summed E-state index contributed by atoms with van der Waals surface area (Å²) in [5.41, 5.74) is 8.50. The average molecular weight is 924 g/mol. The van der Waals surface area contributed by atoms with E-state index in [1.165, 1.54) is 63.5 Å². The monoisotopic (exact) mass is 924 g/mol. The highest BCUT2D eigenvalue weighted by Crippen LogP contribution is 2.29. The van der Waals surface area contributed by atoms with E-state index in [1.807, 2.05) is 6.08 Å². The molecule has 0 amide bonds. The number of hydrogen-bond donors (Lipinski definition) is 1. The number of allylic oxidation sites excluding steroid dienone is 1. The largest absolute Gasteiger partial charge is 0.458 e. The van der Waals surface area contributed by atoms with Gasteiger partial charge in [0.1, 0.15) is 54.9 Å². The maximum Gasteiger partial charge on any atom is 0.338 e. The quantitative estimate of drug-likeness (QED) is 0.0153. The van der Waals surface area contributed by atoms with Gasteiger partial charge in [-0.05, 0) is 90.3 Å². The van der Waals surface area contributed by atoms with E-state index in [0.29, 0.717) is 6.42 Å². The summed E-state index contributed by atoms with van der Waals surface area (Å²) in [6.45, 7) is 10.4. The fourth-order valence-electron chi connectivity index (χ4n) is 7.05. The third-order valence-electron chi connectivity index (χ3n) is 10.2. The summed E-state index contributed by atoms with van der Waals surface area (Å²) in [5.74, 6) is -2.91. The predicted octanol–water partition coefficient (Wildman–Crippen LogP) is 9.56. The van der Waals surface area contributed by atoms with Gasteiger partial charge >= 0.3 is 23.9 Å². The molecule has 7 atom stereocenters. The molecule has 0 spiro atoms. The van der Waals surface area contributed by atoms with Gasteiger partial charge < -0.3 is 43.0 Å². The lowest BCUT2D eigenvalue weighted by atomic mass is 9.98. The molecule has 0 radical (unpaired) electrons. The number of nitrogens with zero attached hydrogens (tertiary/aromatic N) is 3. The van der Waals surface area contributed by atoms with E-state index in [0.717, 1.165) is 19.3 Å². The number of aliphatic hydroxyl groups is 1. The predicted molar refractivity (Wildman–Crippen MR) is 247 cm³/mol.